The smallest absolute Gasteiger partial charge is 0.251 e. The molecule has 0 atom stereocenters. The van der Waals surface area contributed by atoms with E-state index in [1.165, 1.54) is 0 Å². The highest BCUT2D eigenvalue weighted by molar-refractivity contribution is 6.30. The summed E-state index contributed by atoms with van der Waals surface area (Å²) in [6.45, 7) is 2.02. The molecule has 4 rings (SSSR count). The first-order valence-corrected chi connectivity index (χ1v) is 9.33. The summed E-state index contributed by atoms with van der Waals surface area (Å²) in [6, 6.07) is 22.0. The third-order valence-corrected chi connectivity index (χ3v) is 5.20. The van der Waals surface area contributed by atoms with Crippen molar-refractivity contribution in [3.63, 3.8) is 0 Å². The summed E-state index contributed by atoms with van der Waals surface area (Å²) in [6.07, 6.45) is 0. The number of halogens is 1. The fourth-order valence-corrected chi connectivity index (χ4v) is 3.55. The van der Waals surface area contributed by atoms with Crippen molar-refractivity contribution in [1.82, 2.24) is 4.57 Å². The van der Waals surface area contributed by atoms with Crippen LogP contribution in [0.4, 0.5) is 0 Å². The molecule has 28 heavy (non-hydrogen) atoms. The van der Waals surface area contributed by atoms with Crippen LogP contribution in [-0.4, -0.2) is 10.4 Å². The lowest BCUT2D eigenvalue weighted by Gasteiger charge is -2.12. The Morgan fingerprint density at radius 3 is 2.32 bits per heavy atom. The monoisotopic (exact) mass is 387 g/mol. The highest BCUT2D eigenvalue weighted by Crippen LogP contribution is 2.29. The summed E-state index contributed by atoms with van der Waals surface area (Å²) in [5, 5.41) is 1.46. The van der Waals surface area contributed by atoms with E-state index in [9.17, 15) is 9.59 Å². The molecule has 0 spiro atoms. The number of hydrogen-bond donors (Lipinski definition) is 0. The largest absolute Gasteiger partial charge is 0.311 e. The Hall–Kier alpha value is -3.17. The SMILES string of the molecule is Cc1cccc(-c2cc(=O)n(C)c3ccc(C(=O)c4ccc(Cl)cc4)cc23)c1. The normalized spacial score (nSPS) is 11.0. The molecule has 0 amide bonds. The van der Waals surface area contributed by atoms with Gasteiger partial charge in [-0.25, -0.2) is 0 Å². The fraction of sp³-hybridized carbons (Fsp3) is 0.0833. The molecule has 0 aliphatic rings. The fourth-order valence-electron chi connectivity index (χ4n) is 3.42. The van der Waals surface area contributed by atoms with Gasteiger partial charge in [0.25, 0.3) is 5.56 Å². The number of aromatic nitrogens is 1. The number of carbonyl (C=O) groups is 1. The minimum absolute atomic E-state index is 0.0809. The number of nitrogens with zero attached hydrogens (tertiary/aromatic N) is 1. The minimum Gasteiger partial charge on any atom is -0.311 e. The van der Waals surface area contributed by atoms with E-state index >= 15 is 0 Å². The number of hydrogen-bond acceptors (Lipinski definition) is 2. The van der Waals surface area contributed by atoms with Crippen LogP contribution in [0.15, 0.2) is 77.6 Å². The second-order valence-electron chi connectivity index (χ2n) is 6.89. The molecule has 0 N–H and O–H groups in total. The summed E-state index contributed by atoms with van der Waals surface area (Å²) in [4.78, 5) is 25.4. The van der Waals surface area contributed by atoms with E-state index in [0.29, 0.717) is 16.1 Å². The van der Waals surface area contributed by atoms with Crippen molar-refractivity contribution < 1.29 is 4.79 Å². The molecular weight excluding hydrogens is 370 g/mol. The van der Waals surface area contributed by atoms with Gasteiger partial charge in [-0.1, -0.05) is 41.4 Å². The van der Waals surface area contributed by atoms with Gasteiger partial charge in [0.15, 0.2) is 5.78 Å². The maximum atomic E-state index is 12.9. The summed E-state index contributed by atoms with van der Waals surface area (Å²) in [5.41, 5.74) is 4.75. The molecule has 0 saturated carbocycles. The molecule has 0 radical (unpaired) electrons. The topological polar surface area (TPSA) is 39.1 Å². The summed E-state index contributed by atoms with van der Waals surface area (Å²) in [7, 11) is 1.74. The van der Waals surface area contributed by atoms with Gasteiger partial charge in [-0.2, -0.15) is 0 Å². The molecule has 0 fully saturated rings. The second-order valence-corrected chi connectivity index (χ2v) is 7.33. The van der Waals surface area contributed by atoms with Crippen LogP contribution in [-0.2, 0) is 7.05 Å². The summed E-state index contributed by atoms with van der Waals surface area (Å²) >= 11 is 5.93. The summed E-state index contributed by atoms with van der Waals surface area (Å²) in [5.74, 6) is -0.0809. The Morgan fingerprint density at radius 1 is 0.893 bits per heavy atom. The average molecular weight is 388 g/mol. The van der Waals surface area contributed by atoms with E-state index in [4.69, 9.17) is 11.6 Å². The molecule has 0 bridgehead atoms. The van der Waals surface area contributed by atoms with Gasteiger partial charge in [-0.3, -0.25) is 9.59 Å². The van der Waals surface area contributed by atoms with Gasteiger partial charge in [0.2, 0.25) is 0 Å². The van der Waals surface area contributed by atoms with Gasteiger partial charge in [0, 0.05) is 34.6 Å². The van der Waals surface area contributed by atoms with E-state index < -0.39 is 0 Å². The second kappa shape index (κ2) is 7.10. The number of carbonyl (C=O) groups excluding carboxylic acids is 1. The van der Waals surface area contributed by atoms with Crippen molar-refractivity contribution in [2.45, 2.75) is 6.92 Å². The lowest BCUT2D eigenvalue weighted by Crippen LogP contribution is -2.16. The molecule has 4 heteroatoms. The first kappa shape index (κ1) is 18.2. The zero-order chi connectivity index (χ0) is 19.8. The van der Waals surface area contributed by atoms with Crippen molar-refractivity contribution >= 4 is 28.3 Å². The molecule has 4 aromatic rings. The Balaban J connectivity index is 1.94. The van der Waals surface area contributed by atoms with E-state index in [-0.39, 0.29) is 11.3 Å². The van der Waals surface area contributed by atoms with Crippen molar-refractivity contribution in [1.29, 1.82) is 0 Å². The maximum Gasteiger partial charge on any atom is 0.251 e. The number of ketones is 1. The molecule has 0 aliphatic heterocycles. The van der Waals surface area contributed by atoms with Gasteiger partial charge in [0.1, 0.15) is 0 Å². The Bertz CT molecular complexity index is 1270. The van der Waals surface area contributed by atoms with Crippen molar-refractivity contribution in [3.8, 4) is 11.1 Å². The van der Waals surface area contributed by atoms with Gasteiger partial charge < -0.3 is 4.57 Å². The molecular formula is C24H18ClNO2. The van der Waals surface area contributed by atoms with Crippen LogP contribution < -0.4 is 5.56 Å². The molecule has 138 valence electrons. The van der Waals surface area contributed by atoms with Crippen molar-refractivity contribution in [3.05, 3.63) is 105 Å². The molecule has 0 unspecified atom stereocenters. The Morgan fingerprint density at radius 2 is 1.61 bits per heavy atom. The van der Waals surface area contributed by atoms with E-state index in [2.05, 4.69) is 0 Å². The third kappa shape index (κ3) is 3.25. The van der Waals surface area contributed by atoms with E-state index in [1.807, 2.05) is 43.3 Å². The van der Waals surface area contributed by atoms with Gasteiger partial charge >= 0.3 is 0 Å². The first-order chi connectivity index (χ1) is 13.4. The molecule has 1 heterocycles. The van der Waals surface area contributed by atoms with Gasteiger partial charge in [-0.05, 0) is 60.5 Å². The number of pyridine rings is 1. The molecule has 0 saturated heterocycles. The van der Waals surface area contributed by atoms with E-state index in [0.717, 1.165) is 27.6 Å². The molecule has 1 aromatic heterocycles. The van der Waals surface area contributed by atoms with Crippen molar-refractivity contribution in [2.75, 3.05) is 0 Å². The van der Waals surface area contributed by atoms with E-state index in [1.54, 1.807) is 48.0 Å². The number of aryl methyl sites for hydroxylation is 2. The molecule has 3 nitrogen and oxygen atoms in total. The highest BCUT2D eigenvalue weighted by Gasteiger charge is 2.14. The number of rotatable bonds is 3. The van der Waals surface area contributed by atoms with Crippen LogP contribution in [0, 0.1) is 6.92 Å². The maximum absolute atomic E-state index is 12.9. The predicted molar refractivity (Wildman–Crippen MR) is 114 cm³/mol. The van der Waals surface area contributed by atoms with Crippen LogP contribution in [0.3, 0.4) is 0 Å². The van der Waals surface area contributed by atoms with Crippen molar-refractivity contribution in [2.24, 2.45) is 7.05 Å². The first-order valence-electron chi connectivity index (χ1n) is 8.95. The lowest BCUT2D eigenvalue weighted by atomic mass is 9.96. The van der Waals surface area contributed by atoms with Crippen LogP contribution >= 0.6 is 11.6 Å². The molecule has 3 aromatic carbocycles. The highest BCUT2D eigenvalue weighted by atomic mass is 35.5. The van der Waals surface area contributed by atoms with Crippen LogP contribution in [0.2, 0.25) is 5.02 Å². The summed E-state index contributed by atoms with van der Waals surface area (Å²) < 4.78 is 1.60. The Kier molecular flexibility index (Phi) is 4.62. The van der Waals surface area contributed by atoms with Crippen LogP contribution in [0.25, 0.3) is 22.0 Å². The zero-order valence-electron chi connectivity index (χ0n) is 15.6. The molecule has 0 aliphatic carbocycles. The van der Waals surface area contributed by atoms with Crippen LogP contribution in [0.1, 0.15) is 21.5 Å². The standard InChI is InChI=1S/C24H18ClNO2/c1-15-4-3-5-17(12-15)20-14-23(27)26(2)22-11-8-18(13-21(20)22)24(28)16-6-9-19(25)10-7-16/h3-14H,1-2H3. The lowest BCUT2D eigenvalue weighted by molar-refractivity contribution is 0.103. The average Bonchev–Trinajstić information content (AvgIpc) is 2.70. The number of fused-ring (bicyclic) bond motifs is 1. The number of benzene rings is 3. The van der Waals surface area contributed by atoms with Gasteiger partial charge in [0.05, 0.1) is 5.52 Å². The van der Waals surface area contributed by atoms with Crippen LogP contribution in [0.5, 0.6) is 0 Å². The quantitative estimate of drug-likeness (QED) is 0.441. The Labute approximate surface area is 167 Å². The minimum atomic E-state index is -0.0826. The predicted octanol–water partition coefficient (Wildman–Crippen LogP) is 5.40. The zero-order valence-corrected chi connectivity index (χ0v) is 16.3. The third-order valence-electron chi connectivity index (χ3n) is 4.94. The van der Waals surface area contributed by atoms with Gasteiger partial charge in [-0.15, -0.1) is 0 Å².